The maximum absolute atomic E-state index is 5.73. The zero-order chi connectivity index (χ0) is 12.5. The van der Waals surface area contributed by atoms with Gasteiger partial charge >= 0.3 is 0 Å². The molecule has 0 fully saturated rings. The fourth-order valence-corrected chi connectivity index (χ4v) is 2.46. The average molecular weight is 300 g/mol. The van der Waals surface area contributed by atoms with E-state index >= 15 is 0 Å². The molecule has 0 unspecified atom stereocenters. The first-order valence-electron chi connectivity index (χ1n) is 5.92. The second-order valence-corrected chi connectivity index (χ2v) is 5.59. The van der Waals surface area contributed by atoms with E-state index in [4.69, 9.17) is 15.2 Å². The minimum Gasteiger partial charge on any atom is -0.449 e. The summed E-state index contributed by atoms with van der Waals surface area (Å²) in [6, 6.07) is 4.05. The highest BCUT2D eigenvalue weighted by atomic mass is 79.9. The predicted molar refractivity (Wildman–Crippen MR) is 71.5 cm³/mol. The van der Waals surface area contributed by atoms with Crippen molar-refractivity contribution in [1.82, 2.24) is 0 Å². The van der Waals surface area contributed by atoms with Crippen molar-refractivity contribution in [1.29, 1.82) is 0 Å². The lowest BCUT2D eigenvalue weighted by atomic mass is 10.1. The first kappa shape index (κ1) is 12.7. The van der Waals surface area contributed by atoms with Gasteiger partial charge in [-0.1, -0.05) is 15.9 Å². The smallest absolute Gasteiger partial charge is 0.246 e. The third-order valence-corrected chi connectivity index (χ3v) is 3.46. The van der Waals surface area contributed by atoms with Gasteiger partial charge in [0.1, 0.15) is 0 Å². The van der Waals surface area contributed by atoms with Gasteiger partial charge in [-0.2, -0.15) is 0 Å². The molecule has 2 rings (SSSR count). The van der Waals surface area contributed by atoms with Crippen molar-refractivity contribution in [2.75, 3.05) is 6.54 Å². The lowest BCUT2D eigenvalue weighted by molar-refractivity contribution is -0.0431. The fraction of sp³-hybridized carbons (Fsp3) is 0.538. The Balaban J connectivity index is 2.16. The van der Waals surface area contributed by atoms with Gasteiger partial charge in [-0.15, -0.1) is 0 Å². The number of hydrogen-bond acceptors (Lipinski definition) is 3. The molecule has 4 heteroatoms. The molecular formula is C13H18BrNO2. The van der Waals surface area contributed by atoms with Gasteiger partial charge in [0, 0.05) is 18.3 Å². The number of nitrogens with two attached hydrogens (primary N) is 1. The summed E-state index contributed by atoms with van der Waals surface area (Å²) >= 11 is 3.57. The van der Waals surface area contributed by atoms with Gasteiger partial charge in [-0.05, 0) is 43.5 Å². The second kappa shape index (κ2) is 4.86. The number of unbranched alkanes of at least 4 members (excludes halogenated alkanes) is 1. The van der Waals surface area contributed by atoms with Crippen molar-refractivity contribution in [3.05, 3.63) is 22.2 Å². The number of rotatable bonds is 4. The largest absolute Gasteiger partial charge is 0.449 e. The normalized spacial score (nSPS) is 16.2. The van der Waals surface area contributed by atoms with Crippen LogP contribution in [0.2, 0.25) is 0 Å². The van der Waals surface area contributed by atoms with E-state index in [0.29, 0.717) is 0 Å². The van der Waals surface area contributed by atoms with Gasteiger partial charge < -0.3 is 15.2 Å². The Labute approximate surface area is 110 Å². The van der Waals surface area contributed by atoms with Crippen LogP contribution in [0, 0.1) is 0 Å². The van der Waals surface area contributed by atoms with Crippen molar-refractivity contribution in [3.63, 3.8) is 0 Å². The quantitative estimate of drug-likeness (QED) is 0.868. The summed E-state index contributed by atoms with van der Waals surface area (Å²) in [6.07, 6.45) is 3.15. The molecule has 0 radical (unpaired) electrons. The molecule has 0 saturated carbocycles. The molecule has 1 aliphatic rings. The zero-order valence-corrected chi connectivity index (χ0v) is 11.8. The molecule has 0 bridgehead atoms. The van der Waals surface area contributed by atoms with Crippen LogP contribution in [-0.2, 0) is 6.42 Å². The molecule has 0 atom stereocenters. The van der Waals surface area contributed by atoms with Crippen LogP contribution in [0.25, 0.3) is 0 Å². The van der Waals surface area contributed by atoms with E-state index in [1.165, 1.54) is 5.56 Å². The zero-order valence-electron chi connectivity index (χ0n) is 10.3. The number of fused-ring (bicyclic) bond motifs is 1. The van der Waals surface area contributed by atoms with Crippen molar-refractivity contribution in [2.24, 2.45) is 5.73 Å². The predicted octanol–water partition coefficient (Wildman–Crippen LogP) is 3.24. The van der Waals surface area contributed by atoms with E-state index < -0.39 is 5.79 Å². The molecule has 94 valence electrons. The molecule has 3 nitrogen and oxygen atoms in total. The highest BCUT2D eigenvalue weighted by Crippen LogP contribution is 2.42. The average Bonchev–Trinajstić information content (AvgIpc) is 2.52. The van der Waals surface area contributed by atoms with E-state index in [0.717, 1.165) is 41.8 Å². The Morgan fingerprint density at radius 1 is 1.18 bits per heavy atom. The number of aryl methyl sites for hydroxylation is 1. The van der Waals surface area contributed by atoms with E-state index in [9.17, 15) is 0 Å². The Hall–Kier alpha value is -0.740. The van der Waals surface area contributed by atoms with Crippen LogP contribution in [0.4, 0.5) is 0 Å². The van der Waals surface area contributed by atoms with Crippen LogP contribution in [0.1, 0.15) is 32.3 Å². The van der Waals surface area contributed by atoms with E-state index in [1.54, 1.807) is 0 Å². The van der Waals surface area contributed by atoms with E-state index in [1.807, 2.05) is 19.9 Å². The molecule has 0 spiro atoms. The summed E-state index contributed by atoms with van der Waals surface area (Å²) in [6.45, 7) is 4.57. The molecule has 0 saturated heterocycles. The van der Waals surface area contributed by atoms with Gasteiger partial charge in [-0.3, -0.25) is 0 Å². The molecule has 1 aliphatic heterocycles. The van der Waals surface area contributed by atoms with Crippen molar-refractivity contribution in [3.8, 4) is 11.5 Å². The topological polar surface area (TPSA) is 44.5 Å². The second-order valence-electron chi connectivity index (χ2n) is 4.74. The third-order valence-electron chi connectivity index (χ3n) is 2.72. The summed E-state index contributed by atoms with van der Waals surface area (Å²) in [7, 11) is 0. The molecular weight excluding hydrogens is 282 g/mol. The summed E-state index contributed by atoms with van der Waals surface area (Å²) in [5, 5.41) is 0. The highest BCUT2D eigenvalue weighted by molar-refractivity contribution is 9.10. The minimum absolute atomic E-state index is 0.558. The number of ether oxygens (including phenoxy) is 2. The van der Waals surface area contributed by atoms with Crippen molar-refractivity contribution in [2.45, 2.75) is 38.9 Å². The minimum atomic E-state index is -0.558. The van der Waals surface area contributed by atoms with Crippen molar-refractivity contribution >= 4 is 15.9 Å². The molecule has 1 aromatic rings. The number of halogens is 1. The van der Waals surface area contributed by atoms with E-state index in [2.05, 4.69) is 22.0 Å². The number of benzene rings is 1. The van der Waals surface area contributed by atoms with Crippen molar-refractivity contribution < 1.29 is 9.47 Å². The van der Waals surface area contributed by atoms with Crippen LogP contribution in [0.15, 0.2) is 16.6 Å². The Morgan fingerprint density at radius 2 is 1.82 bits per heavy atom. The van der Waals surface area contributed by atoms with Gasteiger partial charge in [0.2, 0.25) is 5.79 Å². The SMILES string of the molecule is CC1(C)Oc2cc(Br)c(CCCCN)cc2O1. The molecule has 1 aromatic carbocycles. The number of hydrogen-bond donors (Lipinski definition) is 1. The lowest BCUT2D eigenvalue weighted by Crippen LogP contribution is -2.29. The third kappa shape index (κ3) is 2.93. The van der Waals surface area contributed by atoms with Gasteiger partial charge in [0.05, 0.1) is 0 Å². The molecule has 0 aliphatic carbocycles. The lowest BCUT2D eigenvalue weighted by Gasteiger charge is -2.16. The first-order chi connectivity index (χ1) is 8.02. The molecule has 0 aromatic heterocycles. The molecule has 17 heavy (non-hydrogen) atoms. The van der Waals surface area contributed by atoms with Crippen LogP contribution >= 0.6 is 15.9 Å². The molecule has 0 amide bonds. The molecule has 2 N–H and O–H groups in total. The van der Waals surface area contributed by atoms with Gasteiger partial charge in [0.25, 0.3) is 0 Å². The van der Waals surface area contributed by atoms with E-state index in [-0.39, 0.29) is 0 Å². The maximum Gasteiger partial charge on any atom is 0.246 e. The van der Waals surface area contributed by atoms with Crippen LogP contribution in [0.3, 0.4) is 0 Å². The van der Waals surface area contributed by atoms with Gasteiger partial charge in [0.15, 0.2) is 11.5 Å². The van der Waals surface area contributed by atoms with Crippen LogP contribution in [-0.4, -0.2) is 12.3 Å². The fourth-order valence-electron chi connectivity index (χ4n) is 1.94. The van der Waals surface area contributed by atoms with Crippen LogP contribution < -0.4 is 15.2 Å². The summed E-state index contributed by atoms with van der Waals surface area (Å²) in [5.41, 5.74) is 6.75. The van der Waals surface area contributed by atoms with Crippen LogP contribution in [0.5, 0.6) is 11.5 Å². The Kier molecular flexibility index (Phi) is 3.64. The Bertz CT molecular complexity index is 418. The Morgan fingerprint density at radius 3 is 2.47 bits per heavy atom. The maximum atomic E-state index is 5.73. The summed E-state index contributed by atoms with van der Waals surface area (Å²) < 4.78 is 12.5. The summed E-state index contributed by atoms with van der Waals surface area (Å²) in [4.78, 5) is 0. The molecule has 1 heterocycles. The highest BCUT2D eigenvalue weighted by Gasteiger charge is 2.32. The monoisotopic (exact) mass is 299 g/mol. The van der Waals surface area contributed by atoms with Gasteiger partial charge in [-0.25, -0.2) is 0 Å². The standard InChI is InChI=1S/C13H18BrNO2/c1-13(2)16-11-7-9(5-3-4-6-15)10(14)8-12(11)17-13/h7-8H,3-6,15H2,1-2H3. The summed E-state index contributed by atoms with van der Waals surface area (Å²) in [5.74, 6) is 1.09. The first-order valence-corrected chi connectivity index (χ1v) is 6.71.